The van der Waals surface area contributed by atoms with Crippen molar-refractivity contribution in [3.05, 3.63) is 47.1 Å². The lowest BCUT2D eigenvalue weighted by atomic mass is 10.1. The van der Waals surface area contributed by atoms with Crippen LogP contribution < -0.4 is 10.7 Å². The predicted octanol–water partition coefficient (Wildman–Crippen LogP) is 2.58. The molecular weight excluding hydrogens is 258 g/mol. The van der Waals surface area contributed by atoms with Crippen LogP contribution in [0, 0.1) is 20.4 Å². The Morgan fingerprint density at radius 3 is 2.79 bits per heavy atom. The zero-order valence-corrected chi connectivity index (χ0v) is 11.8. The molecule has 0 saturated carbocycles. The van der Waals surface area contributed by atoms with Crippen molar-refractivity contribution in [1.82, 2.24) is 5.01 Å². The first kappa shape index (κ1) is 12.4. The molecule has 0 bridgehead atoms. The van der Waals surface area contributed by atoms with E-state index in [1.165, 1.54) is 11.1 Å². The van der Waals surface area contributed by atoms with Crippen LogP contribution in [0.15, 0.2) is 29.5 Å². The molecule has 0 aliphatic carbocycles. The normalized spacial score (nSPS) is 18.2. The molecule has 5 heteroatoms. The smallest absolute Gasteiger partial charge is 0.338 e. The van der Waals surface area contributed by atoms with Gasteiger partial charge in [-0.3, -0.25) is 5.01 Å². The largest absolute Gasteiger partial charge is 0.350 e. The second kappa shape index (κ2) is 4.49. The summed E-state index contributed by atoms with van der Waals surface area (Å²) in [6.07, 6.45) is 0. The van der Waals surface area contributed by atoms with Crippen LogP contribution in [0.1, 0.15) is 11.1 Å². The molecule has 2 amide bonds. The molecule has 0 fully saturated rings. The molecule has 2 N–H and O–H groups in total. The van der Waals surface area contributed by atoms with Gasteiger partial charge in [0.2, 0.25) is 0 Å². The van der Waals surface area contributed by atoms with Crippen LogP contribution in [0.3, 0.4) is 0 Å². The van der Waals surface area contributed by atoms with Gasteiger partial charge in [-0.05, 0) is 31.1 Å². The average Bonchev–Trinajstić information content (AvgIpc) is 2.87. The highest BCUT2D eigenvalue weighted by Gasteiger charge is 2.37. The molecular formula is C14H16N3OS. The second-order valence-corrected chi connectivity index (χ2v) is 5.86. The van der Waals surface area contributed by atoms with E-state index in [1.54, 1.807) is 5.01 Å². The Balaban J connectivity index is 1.99. The molecule has 19 heavy (non-hydrogen) atoms. The number of hydrogen-bond acceptors (Lipinski definition) is 3. The minimum Gasteiger partial charge on any atom is -0.350 e. The molecule has 4 nitrogen and oxygen atoms in total. The summed E-state index contributed by atoms with van der Waals surface area (Å²) in [7, 11) is 0. The van der Waals surface area contributed by atoms with Gasteiger partial charge in [-0.2, -0.15) is 11.8 Å². The Hall–Kier alpha value is -1.62. The highest BCUT2D eigenvalue weighted by atomic mass is 32.2. The SMILES string of the molecule is Cc1ccc(N2[CH]C3=C(CSC3)N2C(N)=O)c(C)c1. The Morgan fingerprint density at radius 1 is 1.32 bits per heavy atom. The van der Waals surface area contributed by atoms with Crippen LogP contribution in [-0.2, 0) is 0 Å². The van der Waals surface area contributed by atoms with Crippen LogP contribution in [0.2, 0.25) is 0 Å². The third-order valence-corrected chi connectivity index (χ3v) is 4.42. The van der Waals surface area contributed by atoms with Crippen LogP contribution in [0.4, 0.5) is 10.5 Å². The van der Waals surface area contributed by atoms with E-state index in [1.807, 2.05) is 42.4 Å². The van der Waals surface area contributed by atoms with Crippen LogP contribution in [-0.4, -0.2) is 22.5 Å². The van der Waals surface area contributed by atoms with E-state index in [9.17, 15) is 4.79 Å². The van der Waals surface area contributed by atoms with Crippen molar-refractivity contribution >= 4 is 23.5 Å². The number of nitrogens with two attached hydrogens (primary N) is 1. The van der Waals surface area contributed by atoms with E-state index >= 15 is 0 Å². The van der Waals surface area contributed by atoms with E-state index in [2.05, 4.69) is 13.0 Å². The van der Waals surface area contributed by atoms with E-state index in [0.717, 1.165) is 28.5 Å². The second-order valence-electron chi connectivity index (χ2n) is 4.88. The first-order valence-electron chi connectivity index (χ1n) is 6.18. The van der Waals surface area contributed by atoms with Crippen molar-refractivity contribution in [3.8, 4) is 0 Å². The van der Waals surface area contributed by atoms with Crippen molar-refractivity contribution in [3.63, 3.8) is 0 Å². The van der Waals surface area contributed by atoms with Crippen LogP contribution in [0.25, 0.3) is 0 Å². The number of hydrogen-bond donors (Lipinski definition) is 1. The number of carbonyl (C=O) groups excluding carboxylic acids is 1. The number of benzene rings is 1. The zero-order valence-electron chi connectivity index (χ0n) is 11.0. The molecule has 3 rings (SSSR count). The Morgan fingerprint density at radius 2 is 2.11 bits per heavy atom. The number of urea groups is 1. The maximum Gasteiger partial charge on any atom is 0.338 e. The van der Waals surface area contributed by atoms with E-state index in [4.69, 9.17) is 5.73 Å². The lowest BCUT2D eigenvalue weighted by Gasteiger charge is -2.31. The minimum atomic E-state index is -0.427. The molecule has 2 heterocycles. The van der Waals surface area contributed by atoms with Crippen molar-refractivity contribution < 1.29 is 4.79 Å². The molecule has 1 aromatic rings. The number of anilines is 1. The van der Waals surface area contributed by atoms with Crippen LogP contribution in [0.5, 0.6) is 0 Å². The summed E-state index contributed by atoms with van der Waals surface area (Å²) in [5, 5.41) is 3.47. The standard InChI is InChI=1S/C14H16N3OS/c1-9-3-4-12(10(2)5-9)16-6-11-7-19-8-13(11)17(16)14(15)18/h3-6H,7-8H2,1-2H3,(H2,15,18). The molecule has 1 radical (unpaired) electrons. The number of primary amides is 1. The third-order valence-electron chi connectivity index (χ3n) is 3.42. The average molecular weight is 274 g/mol. The predicted molar refractivity (Wildman–Crippen MR) is 78.5 cm³/mol. The van der Waals surface area contributed by atoms with Gasteiger partial charge in [0.05, 0.1) is 11.4 Å². The molecule has 1 aromatic carbocycles. The van der Waals surface area contributed by atoms with E-state index in [0.29, 0.717) is 0 Å². The number of thioether (sulfide) groups is 1. The molecule has 99 valence electrons. The first-order chi connectivity index (χ1) is 9.08. The van der Waals surface area contributed by atoms with E-state index < -0.39 is 6.03 Å². The summed E-state index contributed by atoms with van der Waals surface area (Å²) in [6, 6.07) is 5.77. The van der Waals surface area contributed by atoms with Gasteiger partial charge < -0.3 is 5.73 Å². The Labute approximate surface area is 117 Å². The lowest BCUT2D eigenvalue weighted by Crippen LogP contribution is -2.44. The fourth-order valence-electron chi connectivity index (χ4n) is 2.56. The zero-order chi connectivity index (χ0) is 13.6. The van der Waals surface area contributed by atoms with Crippen molar-refractivity contribution in [2.75, 3.05) is 16.5 Å². The van der Waals surface area contributed by atoms with Crippen LogP contribution >= 0.6 is 11.8 Å². The fraction of sp³-hybridized carbons (Fsp3) is 0.286. The quantitative estimate of drug-likeness (QED) is 0.856. The summed E-state index contributed by atoms with van der Waals surface area (Å²) in [5.41, 5.74) is 11.1. The summed E-state index contributed by atoms with van der Waals surface area (Å²) >= 11 is 1.81. The maximum atomic E-state index is 11.7. The van der Waals surface area contributed by atoms with Crippen molar-refractivity contribution in [2.45, 2.75) is 13.8 Å². The number of carbonyl (C=O) groups is 1. The summed E-state index contributed by atoms with van der Waals surface area (Å²) in [5.74, 6) is 1.79. The van der Waals surface area contributed by atoms with Gasteiger partial charge in [-0.15, -0.1) is 0 Å². The molecule has 0 aromatic heterocycles. The number of amides is 2. The Bertz CT molecular complexity index is 582. The number of rotatable bonds is 1. The van der Waals surface area contributed by atoms with Gasteiger partial charge in [-0.25, -0.2) is 9.80 Å². The van der Waals surface area contributed by atoms with Gasteiger partial charge in [0.15, 0.2) is 0 Å². The van der Waals surface area contributed by atoms with Gasteiger partial charge in [-0.1, -0.05) is 17.7 Å². The number of nitrogens with zero attached hydrogens (tertiary/aromatic N) is 2. The molecule has 0 unspecified atom stereocenters. The van der Waals surface area contributed by atoms with Crippen molar-refractivity contribution in [1.29, 1.82) is 0 Å². The summed E-state index contributed by atoms with van der Waals surface area (Å²) < 4.78 is 0. The summed E-state index contributed by atoms with van der Waals surface area (Å²) in [4.78, 5) is 11.7. The molecule has 2 aliphatic rings. The Kier molecular flexibility index (Phi) is 2.93. The number of hydrazine groups is 1. The molecule has 0 spiro atoms. The van der Waals surface area contributed by atoms with Gasteiger partial charge in [0, 0.05) is 11.5 Å². The van der Waals surface area contributed by atoms with Gasteiger partial charge in [0.1, 0.15) is 6.54 Å². The molecule has 0 atom stereocenters. The van der Waals surface area contributed by atoms with E-state index in [-0.39, 0.29) is 0 Å². The number of aryl methyl sites for hydroxylation is 2. The first-order valence-corrected chi connectivity index (χ1v) is 7.34. The molecule has 0 saturated heterocycles. The summed E-state index contributed by atoms with van der Waals surface area (Å²) in [6.45, 7) is 6.14. The highest BCUT2D eigenvalue weighted by Crippen LogP contribution is 2.40. The topological polar surface area (TPSA) is 49.6 Å². The maximum absolute atomic E-state index is 11.7. The molecule has 2 aliphatic heterocycles. The minimum absolute atomic E-state index is 0.427. The lowest BCUT2D eigenvalue weighted by molar-refractivity contribution is 0.222. The van der Waals surface area contributed by atoms with Gasteiger partial charge >= 0.3 is 6.03 Å². The monoisotopic (exact) mass is 274 g/mol. The third kappa shape index (κ3) is 1.98. The van der Waals surface area contributed by atoms with Crippen molar-refractivity contribution in [2.24, 2.45) is 5.73 Å². The fourth-order valence-corrected chi connectivity index (χ4v) is 3.62. The van der Waals surface area contributed by atoms with Gasteiger partial charge in [0.25, 0.3) is 0 Å². The highest BCUT2D eigenvalue weighted by molar-refractivity contribution is 7.99.